The number of hydrogen-bond acceptors (Lipinski definition) is 11. The van der Waals surface area contributed by atoms with E-state index in [9.17, 15) is 9.59 Å². The lowest BCUT2D eigenvalue weighted by Crippen LogP contribution is -2.58. The van der Waals surface area contributed by atoms with Crippen LogP contribution >= 0.6 is 0 Å². The van der Waals surface area contributed by atoms with E-state index in [1.54, 1.807) is 7.11 Å². The second-order valence-corrected chi connectivity index (χ2v) is 22.0. The number of aryl methyl sites for hydroxylation is 1. The van der Waals surface area contributed by atoms with Crippen LogP contribution in [0.2, 0.25) is 0 Å². The summed E-state index contributed by atoms with van der Waals surface area (Å²) in [5.41, 5.74) is 16.8. The fourth-order valence-electron chi connectivity index (χ4n) is 11.6. The summed E-state index contributed by atoms with van der Waals surface area (Å²) in [6.07, 6.45) is 5.10. The van der Waals surface area contributed by atoms with E-state index >= 15 is 0 Å². The van der Waals surface area contributed by atoms with E-state index in [-0.39, 0.29) is 61.3 Å². The fraction of sp³-hybridized carbons (Fsp3) is 0.518. The van der Waals surface area contributed by atoms with Crippen molar-refractivity contribution in [2.45, 2.75) is 141 Å². The minimum atomic E-state index is -0.543. The predicted octanol–water partition coefficient (Wildman–Crippen LogP) is 8.99. The molecule has 370 valence electrons. The summed E-state index contributed by atoms with van der Waals surface area (Å²) in [7, 11) is 1.18. The quantitative estimate of drug-likeness (QED) is 0.0866. The molecule has 2 aromatic heterocycles. The summed E-state index contributed by atoms with van der Waals surface area (Å²) in [6, 6.07) is 25.1. The molecule has 6 heterocycles. The molecule has 2 N–H and O–H groups in total. The van der Waals surface area contributed by atoms with Crippen molar-refractivity contribution in [1.29, 1.82) is 0 Å². The highest BCUT2D eigenvalue weighted by molar-refractivity contribution is 6.62. The third-order valence-corrected chi connectivity index (χ3v) is 16.1. The number of aromatic nitrogens is 2. The topological polar surface area (TPSA) is 135 Å². The summed E-state index contributed by atoms with van der Waals surface area (Å²) in [4.78, 5) is 34.8. The number of morpholine rings is 1. The van der Waals surface area contributed by atoms with Crippen LogP contribution < -0.4 is 16.3 Å². The zero-order valence-corrected chi connectivity index (χ0v) is 42.4. The van der Waals surface area contributed by atoms with Gasteiger partial charge in [-0.3, -0.25) is 20.1 Å². The van der Waals surface area contributed by atoms with E-state index in [0.29, 0.717) is 39.0 Å². The van der Waals surface area contributed by atoms with Crippen molar-refractivity contribution in [2.75, 3.05) is 40.1 Å². The molecule has 4 aliphatic heterocycles. The van der Waals surface area contributed by atoms with Crippen molar-refractivity contribution in [3.8, 4) is 22.4 Å². The van der Waals surface area contributed by atoms with Crippen LogP contribution in [0.1, 0.15) is 127 Å². The van der Waals surface area contributed by atoms with Crippen LogP contribution in [0.3, 0.4) is 0 Å². The second kappa shape index (κ2) is 19.2. The average molecular weight is 952 g/mol. The van der Waals surface area contributed by atoms with Crippen LogP contribution in [0.5, 0.6) is 0 Å². The molecule has 14 heteroatoms. The monoisotopic (exact) mass is 952 g/mol. The third-order valence-electron chi connectivity index (χ3n) is 16.1. The van der Waals surface area contributed by atoms with Gasteiger partial charge in [-0.2, -0.15) is 0 Å². The van der Waals surface area contributed by atoms with Crippen molar-refractivity contribution in [3.63, 3.8) is 0 Å². The molecular formula is C56H70BN5O8. The Balaban J connectivity index is 0.983. The lowest BCUT2D eigenvalue weighted by molar-refractivity contribution is -0.150. The van der Waals surface area contributed by atoms with Crippen molar-refractivity contribution in [1.82, 2.24) is 25.3 Å². The van der Waals surface area contributed by atoms with E-state index in [4.69, 9.17) is 33.2 Å². The lowest BCUT2D eigenvalue weighted by atomic mass is 9.77. The number of rotatable bonds is 13. The number of nitrogens with one attached hydrogen (secondary N) is 2. The molecule has 70 heavy (non-hydrogen) atoms. The molecule has 10 rings (SSSR count). The van der Waals surface area contributed by atoms with E-state index in [0.717, 1.165) is 63.8 Å². The number of nitrogens with zero attached hydrogens (tertiary/aromatic N) is 3. The third kappa shape index (κ3) is 8.98. The Morgan fingerprint density at radius 2 is 1.59 bits per heavy atom. The van der Waals surface area contributed by atoms with Crippen LogP contribution in [0, 0.1) is 5.41 Å². The Hall–Kier alpha value is -5.09. The number of pyridine rings is 1. The minimum absolute atomic E-state index is 0.0154. The van der Waals surface area contributed by atoms with Crippen molar-refractivity contribution in [2.24, 2.45) is 5.41 Å². The van der Waals surface area contributed by atoms with Gasteiger partial charge >= 0.3 is 19.2 Å². The van der Waals surface area contributed by atoms with Gasteiger partial charge in [-0.25, -0.2) is 10.2 Å². The molecule has 5 atom stereocenters. The van der Waals surface area contributed by atoms with E-state index in [1.807, 2.05) is 18.0 Å². The standard InChI is InChI=1S/C56H70BN5O8/c1-10-61-49-22-21-37(57-69-55(5,6)56(7,8)70-57)27-44(49)46(28-54(3,4)33-68-52(63)48-20-15-23-59-60-48)51(61)45-26-36(29-58-50(45)34(2)65-9)35-24-38-30-66-31-39(25-35)62(38)53(64)67-32-47-42-18-13-11-16-40(42)41-17-12-14-19-43(41)47/h11-14,16-19,21-22,26-27,29,34-35,38-39,47-48,59-60H,10,15,20,23-25,28,30-33H2,1-9H3/t34-,35-,38+,39-,48-/m0/s1. The molecule has 2 bridgehead atoms. The minimum Gasteiger partial charge on any atom is -0.464 e. The first-order valence-corrected chi connectivity index (χ1v) is 25.5. The summed E-state index contributed by atoms with van der Waals surface area (Å²) < 4.78 is 40.2. The molecule has 3 aromatic carbocycles. The molecule has 4 fully saturated rings. The molecule has 5 aliphatic rings. The number of carbonyl (C=O) groups is 2. The van der Waals surface area contributed by atoms with Gasteiger partial charge in [0, 0.05) is 54.2 Å². The Bertz CT molecular complexity index is 2690. The van der Waals surface area contributed by atoms with Gasteiger partial charge in [-0.1, -0.05) is 74.5 Å². The highest BCUT2D eigenvalue weighted by Gasteiger charge is 2.52. The first-order valence-electron chi connectivity index (χ1n) is 25.5. The smallest absolute Gasteiger partial charge is 0.464 e. The number of methoxy groups -OCH3 is 1. The number of benzene rings is 3. The van der Waals surface area contributed by atoms with Crippen LogP contribution in [-0.4, -0.2) is 103 Å². The highest BCUT2D eigenvalue weighted by atomic mass is 16.7. The van der Waals surface area contributed by atoms with Gasteiger partial charge in [0.25, 0.3) is 0 Å². The fourth-order valence-corrected chi connectivity index (χ4v) is 11.6. The van der Waals surface area contributed by atoms with Crippen molar-refractivity contribution in [3.05, 3.63) is 107 Å². The summed E-state index contributed by atoms with van der Waals surface area (Å²) in [5, 5.41) is 1.09. The van der Waals surface area contributed by atoms with Gasteiger partial charge in [-0.15, -0.1) is 0 Å². The first-order chi connectivity index (χ1) is 33.6. The van der Waals surface area contributed by atoms with Crippen molar-refractivity contribution < 1.29 is 37.8 Å². The van der Waals surface area contributed by atoms with Crippen LogP contribution in [-0.2, 0) is 46.0 Å². The largest absolute Gasteiger partial charge is 0.494 e. The second-order valence-electron chi connectivity index (χ2n) is 22.0. The summed E-state index contributed by atoms with van der Waals surface area (Å²) in [5.74, 6) is -0.142. The number of hydrogen-bond donors (Lipinski definition) is 2. The maximum Gasteiger partial charge on any atom is 0.494 e. The van der Waals surface area contributed by atoms with Crippen molar-refractivity contribution >= 4 is 35.5 Å². The molecule has 5 aromatic rings. The van der Waals surface area contributed by atoms with Crippen LogP contribution in [0.25, 0.3) is 33.3 Å². The number of amides is 1. The van der Waals surface area contributed by atoms with Gasteiger partial charge in [0.15, 0.2) is 0 Å². The Morgan fingerprint density at radius 3 is 2.21 bits per heavy atom. The van der Waals surface area contributed by atoms with E-state index in [1.165, 1.54) is 22.3 Å². The highest BCUT2D eigenvalue weighted by Crippen LogP contribution is 2.47. The number of esters is 1. The molecule has 1 amide bonds. The number of fused-ring (bicyclic) bond motifs is 6. The lowest BCUT2D eigenvalue weighted by Gasteiger charge is -2.47. The van der Waals surface area contributed by atoms with Gasteiger partial charge in [0.2, 0.25) is 0 Å². The molecular weight excluding hydrogens is 881 g/mol. The SMILES string of the molecule is CCn1c(-c2cc([C@@H]3C[C@H]4COC[C@@H](C3)N4C(=O)OCC3c4ccccc4-c4ccccc43)cnc2[C@H](C)OC)c(CC(C)(C)COC(=O)[C@@H]2CCCNN2)c2cc(B3OC(C)(C)C(C)(C)O3)ccc21. The number of carbonyl (C=O) groups excluding carboxylic acids is 2. The zero-order chi connectivity index (χ0) is 49.1. The number of ether oxygens (including phenoxy) is 4. The molecule has 0 unspecified atom stereocenters. The Labute approximate surface area is 413 Å². The van der Waals surface area contributed by atoms with E-state index < -0.39 is 23.7 Å². The molecule has 0 saturated carbocycles. The van der Waals surface area contributed by atoms with Crippen LogP contribution in [0.15, 0.2) is 79.0 Å². The Kier molecular flexibility index (Phi) is 13.3. The van der Waals surface area contributed by atoms with Gasteiger partial charge in [-0.05, 0) is 131 Å². The van der Waals surface area contributed by atoms with Gasteiger partial charge < -0.3 is 32.8 Å². The van der Waals surface area contributed by atoms with Crippen LogP contribution in [0.4, 0.5) is 4.79 Å². The molecule has 13 nitrogen and oxygen atoms in total. The van der Waals surface area contributed by atoms with Gasteiger partial charge in [0.1, 0.15) is 12.6 Å². The maximum atomic E-state index is 14.2. The van der Waals surface area contributed by atoms with Gasteiger partial charge in [0.05, 0.1) is 60.6 Å². The first kappa shape index (κ1) is 48.5. The number of hydrazine groups is 1. The predicted molar refractivity (Wildman–Crippen MR) is 272 cm³/mol. The summed E-state index contributed by atoms with van der Waals surface area (Å²) >= 11 is 0. The summed E-state index contributed by atoms with van der Waals surface area (Å²) in [6.45, 7) is 19.8. The zero-order valence-electron chi connectivity index (χ0n) is 42.4. The molecule has 0 spiro atoms. The maximum absolute atomic E-state index is 14.2. The molecule has 0 radical (unpaired) electrons. The molecule has 4 saturated heterocycles. The number of piperidine rings is 1. The van der Waals surface area contributed by atoms with E-state index in [2.05, 4.69) is 137 Å². The average Bonchev–Trinajstić information content (AvgIpc) is 3.93. The normalized spacial score (nSPS) is 23.3. The molecule has 1 aliphatic carbocycles. The Morgan fingerprint density at radius 1 is 0.914 bits per heavy atom.